The average molecular weight is 200 g/mol. The predicted molar refractivity (Wildman–Crippen MR) is 49.4 cm³/mol. The number of ether oxygens (including phenoxy) is 1. The lowest BCUT2D eigenvalue weighted by Crippen LogP contribution is -2.33. The van der Waals surface area contributed by atoms with Crippen LogP contribution in [0.2, 0.25) is 0 Å². The molecule has 80 valence electrons. The largest absolute Gasteiger partial charge is 0.434 e. The molecule has 14 heavy (non-hydrogen) atoms. The Bertz CT molecular complexity index is 239. The molecule has 0 aromatic rings. The van der Waals surface area contributed by atoms with E-state index in [9.17, 15) is 14.7 Å². The molecule has 1 unspecified atom stereocenters. The Kier molecular flexibility index (Phi) is 3.26. The molecule has 0 amide bonds. The second-order valence-electron chi connectivity index (χ2n) is 4.20. The van der Waals surface area contributed by atoms with E-state index < -0.39 is 11.8 Å². The number of Topliss-reactive ketones (excluding diaryl/α,β-unsaturated/α-hetero) is 1. The van der Waals surface area contributed by atoms with Gasteiger partial charge in [-0.1, -0.05) is 0 Å². The first-order valence-corrected chi connectivity index (χ1v) is 4.85. The van der Waals surface area contributed by atoms with Crippen LogP contribution in [-0.4, -0.2) is 22.6 Å². The highest BCUT2D eigenvalue weighted by atomic mass is 16.7. The molecule has 0 aliphatic heterocycles. The van der Waals surface area contributed by atoms with E-state index in [0.29, 0.717) is 12.8 Å². The van der Waals surface area contributed by atoms with Crippen LogP contribution in [-0.2, 0) is 14.3 Å². The third-order valence-electron chi connectivity index (χ3n) is 2.17. The second kappa shape index (κ2) is 4.09. The van der Waals surface area contributed by atoms with E-state index in [1.165, 1.54) is 13.8 Å². The summed E-state index contributed by atoms with van der Waals surface area (Å²) < 4.78 is 4.79. The second-order valence-corrected chi connectivity index (χ2v) is 4.20. The molecule has 0 heterocycles. The highest BCUT2D eigenvalue weighted by molar-refractivity contribution is 5.85. The molecule has 1 aliphatic rings. The van der Waals surface area contributed by atoms with Gasteiger partial charge in [0.15, 0.2) is 0 Å². The fourth-order valence-electron chi connectivity index (χ4n) is 1.56. The van der Waals surface area contributed by atoms with Crippen LogP contribution in [0, 0.1) is 5.92 Å². The minimum atomic E-state index is -1.45. The zero-order valence-corrected chi connectivity index (χ0v) is 8.58. The van der Waals surface area contributed by atoms with Gasteiger partial charge in [0.2, 0.25) is 5.79 Å². The van der Waals surface area contributed by atoms with Gasteiger partial charge in [0.25, 0.3) is 0 Å². The first-order valence-electron chi connectivity index (χ1n) is 4.85. The van der Waals surface area contributed by atoms with Crippen LogP contribution in [0.5, 0.6) is 0 Å². The molecule has 1 fully saturated rings. The van der Waals surface area contributed by atoms with Crippen molar-refractivity contribution in [2.75, 3.05) is 0 Å². The number of esters is 1. The maximum atomic E-state index is 11.4. The van der Waals surface area contributed by atoms with Gasteiger partial charge in [-0.2, -0.15) is 0 Å². The van der Waals surface area contributed by atoms with Gasteiger partial charge in [0, 0.05) is 26.7 Å². The van der Waals surface area contributed by atoms with Crippen molar-refractivity contribution >= 4 is 11.8 Å². The third kappa shape index (κ3) is 3.46. The summed E-state index contributed by atoms with van der Waals surface area (Å²) in [5, 5.41) is 9.26. The minimum Gasteiger partial charge on any atom is -0.434 e. The molecule has 1 N–H and O–H groups in total. The lowest BCUT2D eigenvalue weighted by atomic mass is 9.88. The molecular formula is C10H16O4. The van der Waals surface area contributed by atoms with Crippen molar-refractivity contribution in [3.8, 4) is 0 Å². The maximum Gasteiger partial charge on any atom is 0.311 e. The number of carbonyl (C=O) groups excluding carboxylic acids is 2. The summed E-state index contributed by atoms with van der Waals surface area (Å²) in [5.41, 5.74) is 0. The van der Waals surface area contributed by atoms with Crippen molar-refractivity contribution in [2.24, 2.45) is 5.92 Å². The quantitative estimate of drug-likeness (QED) is 0.534. The van der Waals surface area contributed by atoms with Crippen LogP contribution in [0.15, 0.2) is 0 Å². The van der Waals surface area contributed by atoms with E-state index >= 15 is 0 Å². The molecule has 4 nitrogen and oxygen atoms in total. The number of hydrogen-bond donors (Lipinski definition) is 1. The molecule has 1 rings (SSSR count). The molecule has 0 bridgehead atoms. The van der Waals surface area contributed by atoms with Crippen molar-refractivity contribution < 1.29 is 19.4 Å². The van der Waals surface area contributed by atoms with Crippen LogP contribution >= 0.6 is 0 Å². The molecular weight excluding hydrogens is 184 g/mol. The summed E-state index contributed by atoms with van der Waals surface area (Å²) in [4.78, 5) is 22.5. The van der Waals surface area contributed by atoms with Gasteiger partial charge >= 0.3 is 5.97 Å². The summed E-state index contributed by atoms with van der Waals surface area (Å²) in [6.07, 6.45) is 2.24. The van der Waals surface area contributed by atoms with Gasteiger partial charge in [-0.25, -0.2) is 0 Å². The van der Waals surface area contributed by atoms with Crippen molar-refractivity contribution in [3.05, 3.63) is 0 Å². The van der Waals surface area contributed by atoms with Crippen molar-refractivity contribution in [1.29, 1.82) is 0 Å². The molecule has 0 radical (unpaired) electrons. The summed E-state index contributed by atoms with van der Waals surface area (Å²) in [6, 6.07) is 0. The van der Waals surface area contributed by atoms with E-state index in [4.69, 9.17) is 4.74 Å². The molecule has 0 aromatic heterocycles. The van der Waals surface area contributed by atoms with Gasteiger partial charge in [-0.15, -0.1) is 0 Å². The Hall–Kier alpha value is -0.900. The summed E-state index contributed by atoms with van der Waals surface area (Å²) in [5.74, 6) is -2.17. The lowest BCUT2D eigenvalue weighted by Gasteiger charge is -2.24. The smallest absolute Gasteiger partial charge is 0.311 e. The molecule has 1 atom stereocenters. The van der Waals surface area contributed by atoms with E-state index in [-0.39, 0.29) is 18.1 Å². The van der Waals surface area contributed by atoms with Gasteiger partial charge in [0.1, 0.15) is 5.78 Å². The van der Waals surface area contributed by atoms with Gasteiger partial charge in [0.05, 0.1) is 5.92 Å². The van der Waals surface area contributed by atoms with Crippen LogP contribution in [0.1, 0.15) is 39.5 Å². The van der Waals surface area contributed by atoms with Crippen molar-refractivity contribution in [2.45, 2.75) is 45.3 Å². The molecule has 0 saturated heterocycles. The zero-order chi connectivity index (χ0) is 10.8. The van der Waals surface area contributed by atoms with E-state index in [2.05, 4.69) is 0 Å². The Morgan fingerprint density at radius 3 is 2.71 bits per heavy atom. The Balaban J connectivity index is 2.48. The van der Waals surface area contributed by atoms with Gasteiger partial charge < -0.3 is 9.84 Å². The van der Waals surface area contributed by atoms with Gasteiger partial charge in [-0.3, -0.25) is 9.59 Å². The topological polar surface area (TPSA) is 63.6 Å². The van der Waals surface area contributed by atoms with Crippen LogP contribution < -0.4 is 0 Å². The fraction of sp³-hybridized carbons (Fsp3) is 0.800. The van der Waals surface area contributed by atoms with Crippen LogP contribution in [0.25, 0.3) is 0 Å². The van der Waals surface area contributed by atoms with Gasteiger partial charge in [-0.05, 0) is 12.8 Å². The zero-order valence-electron chi connectivity index (χ0n) is 8.58. The summed E-state index contributed by atoms with van der Waals surface area (Å²) in [6.45, 7) is 2.80. The first-order chi connectivity index (χ1) is 6.38. The highest BCUT2D eigenvalue weighted by Crippen LogP contribution is 2.23. The fourth-order valence-corrected chi connectivity index (χ4v) is 1.56. The van der Waals surface area contributed by atoms with E-state index in [1.807, 2.05) is 0 Å². The number of carbonyl (C=O) groups is 2. The lowest BCUT2D eigenvalue weighted by molar-refractivity contribution is -0.200. The Labute approximate surface area is 83.2 Å². The third-order valence-corrected chi connectivity index (χ3v) is 2.17. The van der Waals surface area contributed by atoms with E-state index in [1.54, 1.807) is 0 Å². The van der Waals surface area contributed by atoms with Crippen LogP contribution in [0.4, 0.5) is 0 Å². The minimum absolute atomic E-state index is 0.106. The molecule has 4 heteroatoms. The first kappa shape index (κ1) is 11.2. The normalized spacial score (nSPS) is 23.4. The summed E-state index contributed by atoms with van der Waals surface area (Å²) >= 11 is 0. The predicted octanol–water partition coefficient (Wildman–Crippen LogP) is 1.02. The number of rotatable bonds is 2. The monoisotopic (exact) mass is 200 g/mol. The maximum absolute atomic E-state index is 11.4. The Morgan fingerprint density at radius 1 is 1.57 bits per heavy atom. The molecule has 1 saturated carbocycles. The summed E-state index contributed by atoms with van der Waals surface area (Å²) in [7, 11) is 0. The highest BCUT2D eigenvalue weighted by Gasteiger charge is 2.30. The average Bonchev–Trinajstić information content (AvgIpc) is 2.01. The number of hydrogen-bond acceptors (Lipinski definition) is 4. The number of ketones is 1. The SMILES string of the molecule is CC(C)(O)OC(=O)C1CCCC(=O)C1. The number of aliphatic hydroxyl groups is 1. The molecule has 1 aliphatic carbocycles. The van der Waals surface area contributed by atoms with Crippen molar-refractivity contribution in [3.63, 3.8) is 0 Å². The standard InChI is InChI=1S/C10H16O4/c1-10(2,13)14-9(12)7-4-3-5-8(11)6-7/h7,13H,3-6H2,1-2H3. The van der Waals surface area contributed by atoms with Crippen LogP contribution in [0.3, 0.4) is 0 Å². The van der Waals surface area contributed by atoms with E-state index in [0.717, 1.165) is 6.42 Å². The molecule has 0 aromatic carbocycles. The molecule has 0 spiro atoms. The van der Waals surface area contributed by atoms with Crippen molar-refractivity contribution in [1.82, 2.24) is 0 Å². The Morgan fingerprint density at radius 2 is 2.21 bits per heavy atom.